The Morgan fingerprint density at radius 3 is 2.48 bits per heavy atom. The summed E-state index contributed by atoms with van der Waals surface area (Å²) in [6, 6.07) is 0. The largest absolute Gasteiger partial charge is 0.473 e. The molecule has 0 aromatic heterocycles. The Labute approximate surface area is 124 Å². The third-order valence-electron chi connectivity index (χ3n) is 4.21. The lowest BCUT2D eigenvalue weighted by atomic mass is 9.65. The van der Waals surface area contributed by atoms with Crippen molar-refractivity contribution in [2.45, 2.75) is 52.6 Å². The normalized spacial score (nSPS) is 27.2. The molecule has 0 unspecified atom stereocenters. The van der Waals surface area contributed by atoms with Crippen LogP contribution in [0, 0.1) is 5.41 Å². The fourth-order valence-corrected chi connectivity index (χ4v) is 3.24. The second-order valence-electron chi connectivity index (χ2n) is 6.41. The molecule has 0 spiro atoms. The van der Waals surface area contributed by atoms with Crippen molar-refractivity contribution in [3.05, 3.63) is 23.2 Å². The first-order chi connectivity index (χ1) is 9.69. The van der Waals surface area contributed by atoms with Crippen LogP contribution in [0.1, 0.15) is 47.0 Å². The molecular formula is C16H22O5. The zero-order chi connectivity index (χ0) is 15.8. The fourth-order valence-electron chi connectivity index (χ4n) is 3.24. The molecule has 2 rings (SSSR count). The summed E-state index contributed by atoms with van der Waals surface area (Å²) >= 11 is 0. The van der Waals surface area contributed by atoms with Gasteiger partial charge in [-0.1, -0.05) is 13.8 Å². The molecule has 0 aromatic rings. The van der Waals surface area contributed by atoms with Gasteiger partial charge in [-0.05, 0) is 43.3 Å². The van der Waals surface area contributed by atoms with Gasteiger partial charge in [0.15, 0.2) is 5.76 Å². The molecule has 1 fully saturated rings. The average Bonchev–Trinajstić information content (AvgIpc) is 2.37. The lowest BCUT2D eigenvalue weighted by Gasteiger charge is -2.47. The highest BCUT2D eigenvalue weighted by Gasteiger charge is 2.47. The SMILES string of the molecule is COC(=O)C1=C(OC(C)=O)C=C2C(C)(C)CCC[C@]2(C)O1. The number of methoxy groups -OCH3 is 1. The van der Waals surface area contributed by atoms with Gasteiger partial charge < -0.3 is 14.2 Å². The van der Waals surface area contributed by atoms with Crippen molar-refractivity contribution >= 4 is 11.9 Å². The van der Waals surface area contributed by atoms with E-state index in [1.807, 2.05) is 6.92 Å². The topological polar surface area (TPSA) is 61.8 Å². The van der Waals surface area contributed by atoms with Crippen LogP contribution in [0.5, 0.6) is 0 Å². The standard InChI is InChI=1S/C16H22O5/c1-10(17)20-11-9-12-15(2,3)7-6-8-16(12,4)21-13(11)14(18)19-5/h9H,6-8H2,1-5H3/t16-/m0/s1. The van der Waals surface area contributed by atoms with Crippen molar-refractivity contribution in [3.8, 4) is 0 Å². The summed E-state index contributed by atoms with van der Waals surface area (Å²) in [5, 5.41) is 0. The Morgan fingerprint density at radius 1 is 1.24 bits per heavy atom. The number of carbonyl (C=O) groups excluding carboxylic acids is 2. The Bertz CT molecular complexity index is 541. The molecule has 5 heteroatoms. The zero-order valence-corrected chi connectivity index (χ0v) is 13.2. The second kappa shape index (κ2) is 5.20. The smallest absolute Gasteiger partial charge is 0.377 e. The maximum absolute atomic E-state index is 11.9. The van der Waals surface area contributed by atoms with Gasteiger partial charge in [-0.25, -0.2) is 4.79 Å². The van der Waals surface area contributed by atoms with Gasteiger partial charge in [-0.15, -0.1) is 0 Å². The number of hydrogen-bond acceptors (Lipinski definition) is 5. The molecule has 0 aromatic carbocycles. The van der Waals surface area contributed by atoms with E-state index in [4.69, 9.17) is 14.2 Å². The number of allylic oxidation sites excluding steroid dienone is 1. The van der Waals surface area contributed by atoms with Crippen molar-refractivity contribution in [2.24, 2.45) is 5.41 Å². The summed E-state index contributed by atoms with van der Waals surface area (Å²) in [7, 11) is 1.27. The van der Waals surface area contributed by atoms with E-state index >= 15 is 0 Å². The van der Waals surface area contributed by atoms with E-state index in [1.54, 1.807) is 6.08 Å². The third kappa shape index (κ3) is 2.82. The van der Waals surface area contributed by atoms with Crippen LogP contribution in [0.15, 0.2) is 23.2 Å². The second-order valence-corrected chi connectivity index (χ2v) is 6.41. The predicted octanol–water partition coefficient (Wildman–Crippen LogP) is 2.86. The highest BCUT2D eigenvalue weighted by atomic mass is 16.6. The molecule has 1 saturated carbocycles. The monoisotopic (exact) mass is 294 g/mol. The van der Waals surface area contributed by atoms with E-state index in [-0.39, 0.29) is 16.9 Å². The minimum atomic E-state index is -0.633. The molecule has 5 nitrogen and oxygen atoms in total. The zero-order valence-electron chi connectivity index (χ0n) is 13.2. The fraction of sp³-hybridized carbons (Fsp3) is 0.625. The maximum atomic E-state index is 11.9. The van der Waals surface area contributed by atoms with Crippen LogP contribution < -0.4 is 0 Å². The predicted molar refractivity (Wildman–Crippen MR) is 76.0 cm³/mol. The first-order valence-electron chi connectivity index (χ1n) is 7.12. The molecule has 116 valence electrons. The van der Waals surface area contributed by atoms with Crippen molar-refractivity contribution < 1.29 is 23.8 Å². The lowest BCUT2D eigenvalue weighted by Crippen LogP contribution is -2.44. The van der Waals surface area contributed by atoms with Gasteiger partial charge >= 0.3 is 11.9 Å². The number of esters is 2. The number of ether oxygens (including phenoxy) is 3. The summed E-state index contributed by atoms with van der Waals surface area (Å²) in [5.41, 5.74) is 0.416. The van der Waals surface area contributed by atoms with Crippen LogP contribution in [0.25, 0.3) is 0 Å². The molecule has 0 saturated heterocycles. The van der Waals surface area contributed by atoms with Gasteiger partial charge in [0, 0.05) is 6.92 Å². The Kier molecular flexibility index (Phi) is 3.87. The number of fused-ring (bicyclic) bond motifs is 1. The summed E-state index contributed by atoms with van der Waals surface area (Å²) in [4.78, 5) is 23.2. The summed E-state index contributed by atoms with van der Waals surface area (Å²) in [5.74, 6) is -1.02. The van der Waals surface area contributed by atoms with Crippen LogP contribution in [0.2, 0.25) is 0 Å². The Morgan fingerprint density at radius 2 is 1.90 bits per heavy atom. The molecule has 1 atom stereocenters. The van der Waals surface area contributed by atoms with E-state index in [0.717, 1.165) is 24.8 Å². The van der Waals surface area contributed by atoms with E-state index in [2.05, 4.69) is 13.8 Å². The van der Waals surface area contributed by atoms with Gasteiger partial charge in [0.05, 0.1) is 7.11 Å². The minimum absolute atomic E-state index is 0.0309. The molecule has 0 N–H and O–H groups in total. The van der Waals surface area contributed by atoms with Crippen LogP contribution in [-0.2, 0) is 23.8 Å². The Balaban J connectivity index is 2.54. The molecule has 0 amide bonds. The van der Waals surface area contributed by atoms with Gasteiger partial charge in [0.2, 0.25) is 5.76 Å². The molecule has 1 aliphatic heterocycles. The minimum Gasteiger partial charge on any atom is -0.473 e. The maximum Gasteiger partial charge on any atom is 0.377 e. The van der Waals surface area contributed by atoms with Crippen LogP contribution in [-0.4, -0.2) is 24.6 Å². The van der Waals surface area contributed by atoms with E-state index in [1.165, 1.54) is 14.0 Å². The molecule has 0 bridgehead atoms. The summed E-state index contributed by atoms with van der Waals surface area (Å²) in [6.45, 7) is 7.52. The Hall–Kier alpha value is -1.78. The van der Waals surface area contributed by atoms with Gasteiger partial charge in [-0.2, -0.15) is 0 Å². The van der Waals surface area contributed by atoms with E-state index in [9.17, 15) is 9.59 Å². The summed E-state index contributed by atoms with van der Waals surface area (Å²) in [6.07, 6.45) is 4.63. The lowest BCUT2D eigenvalue weighted by molar-refractivity contribution is -0.146. The van der Waals surface area contributed by atoms with E-state index in [0.29, 0.717) is 0 Å². The molecule has 21 heavy (non-hydrogen) atoms. The van der Waals surface area contributed by atoms with Crippen LogP contribution in [0.3, 0.4) is 0 Å². The third-order valence-corrected chi connectivity index (χ3v) is 4.21. The van der Waals surface area contributed by atoms with E-state index < -0.39 is 17.5 Å². The van der Waals surface area contributed by atoms with Crippen LogP contribution in [0.4, 0.5) is 0 Å². The average molecular weight is 294 g/mol. The van der Waals surface area contributed by atoms with Crippen molar-refractivity contribution in [1.82, 2.24) is 0 Å². The van der Waals surface area contributed by atoms with Crippen molar-refractivity contribution in [2.75, 3.05) is 7.11 Å². The quantitative estimate of drug-likeness (QED) is 0.733. The first-order valence-corrected chi connectivity index (χ1v) is 7.12. The van der Waals surface area contributed by atoms with Gasteiger partial charge in [-0.3, -0.25) is 4.79 Å². The molecular weight excluding hydrogens is 272 g/mol. The molecule has 1 heterocycles. The summed E-state index contributed by atoms with van der Waals surface area (Å²) < 4.78 is 15.8. The van der Waals surface area contributed by atoms with Gasteiger partial charge in [0.1, 0.15) is 5.60 Å². The molecule has 1 aliphatic carbocycles. The van der Waals surface area contributed by atoms with Crippen molar-refractivity contribution in [3.63, 3.8) is 0 Å². The van der Waals surface area contributed by atoms with Crippen LogP contribution >= 0.6 is 0 Å². The first kappa shape index (κ1) is 15.6. The highest BCUT2D eigenvalue weighted by molar-refractivity contribution is 5.88. The number of carbonyl (C=O) groups is 2. The van der Waals surface area contributed by atoms with Crippen molar-refractivity contribution in [1.29, 1.82) is 0 Å². The highest BCUT2D eigenvalue weighted by Crippen LogP contribution is 2.51. The number of rotatable bonds is 2. The number of hydrogen-bond donors (Lipinski definition) is 0. The molecule has 2 aliphatic rings. The molecule has 0 radical (unpaired) electrons. The van der Waals surface area contributed by atoms with Gasteiger partial charge in [0.25, 0.3) is 0 Å².